The Morgan fingerprint density at radius 1 is 1.50 bits per heavy atom. The fourth-order valence-corrected chi connectivity index (χ4v) is 3.62. The molecule has 0 radical (unpaired) electrons. The Bertz CT molecular complexity index is 526. The Kier molecular flexibility index (Phi) is 6.63. The highest BCUT2D eigenvalue weighted by molar-refractivity contribution is 14.2. The maximum Gasteiger partial charge on any atom is 0.126 e. The third kappa shape index (κ3) is 4.63. The van der Waals surface area contributed by atoms with Gasteiger partial charge < -0.3 is 14.7 Å². The van der Waals surface area contributed by atoms with Crippen molar-refractivity contribution in [2.75, 3.05) is 6.54 Å². The van der Waals surface area contributed by atoms with Crippen molar-refractivity contribution in [2.45, 2.75) is 19.2 Å². The number of halogens is 2. The molecule has 1 aliphatic heterocycles. The van der Waals surface area contributed by atoms with Crippen molar-refractivity contribution >= 4 is 44.4 Å². The summed E-state index contributed by atoms with van der Waals surface area (Å²) in [6.45, 7) is 3.23. The molecular formula is C14H15BrIN2OP. The summed E-state index contributed by atoms with van der Waals surface area (Å²) in [5.74, 6) is 6.38. The van der Waals surface area contributed by atoms with E-state index in [0.717, 1.165) is 10.0 Å². The SMILES string of the molecule is CC(OPI)C1NC=CN1CC#Cc1ccc(Br)cc1. The fraction of sp³-hybridized carbons (Fsp3) is 0.286. The van der Waals surface area contributed by atoms with Gasteiger partial charge in [0.05, 0.1) is 19.1 Å². The van der Waals surface area contributed by atoms with E-state index < -0.39 is 0 Å². The van der Waals surface area contributed by atoms with Gasteiger partial charge in [-0.25, -0.2) is 0 Å². The number of hydrogen-bond donors (Lipinski definition) is 1. The summed E-state index contributed by atoms with van der Waals surface area (Å²) in [4.78, 5) is 2.16. The summed E-state index contributed by atoms with van der Waals surface area (Å²) < 4.78 is 6.72. The van der Waals surface area contributed by atoms with Crippen LogP contribution >= 0.6 is 44.4 Å². The Morgan fingerprint density at radius 3 is 2.95 bits per heavy atom. The minimum absolute atomic E-state index is 0.134. The molecule has 0 spiro atoms. The van der Waals surface area contributed by atoms with Crippen molar-refractivity contribution in [2.24, 2.45) is 0 Å². The first kappa shape index (κ1) is 16.1. The minimum Gasteiger partial charge on any atom is -0.368 e. The van der Waals surface area contributed by atoms with Gasteiger partial charge >= 0.3 is 0 Å². The van der Waals surface area contributed by atoms with Crippen LogP contribution in [0.2, 0.25) is 0 Å². The zero-order chi connectivity index (χ0) is 14.4. The van der Waals surface area contributed by atoms with Gasteiger partial charge in [0, 0.05) is 22.4 Å². The summed E-state index contributed by atoms with van der Waals surface area (Å²) in [5.41, 5.74) is 1.03. The molecule has 0 fully saturated rings. The summed E-state index contributed by atoms with van der Waals surface area (Å²) in [6, 6.07) is 8.02. The molecule has 106 valence electrons. The molecule has 20 heavy (non-hydrogen) atoms. The molecule has 0 bridgehead atoms. The average molecular weight is 465 g/mol. The van der Waals surface area contributed by atoms with Gasteiger partial charge in [0.1, 0.15) is 6.17 Å². The molecule has 1 aromatic rings. The largest absolute Gasteiger partial charge is 0.368 e. The second kappa shape index (κ2) is 8.23. The standard InChI is InChI=1S/C14H15BrIN2OP/c1-11(19-20-16)14-17-8-10-18(14)9-2-3-12-4-6-13(15)7-5-12/h4-8,10-11,14,17,20H,9H2,1H3. The van der Waals surface area contributed by atoms with E-state index in [-0.39, 0.29) is 12.3 Å². The zero-order valence-corrected chi connectivity index (χ0v) is 15.7. The van der Waals surface area contributed by atoms with E-state index in [1.54, 1.807) is 0 Å². The first-order valence-corrected chi connectivity index (χ1v) is 11.0. The molecule has 1 aliphatic rings. The van der Waals surface area contributed by atoms with Gasteiger partial charge in [0.25, 0.3) is 0 Å². The Hall–Kier alpha value is -0.280. The van der Waals surface area contributed by atoms with Crippen LogP contribution in [0.4, 0.5) is 0 Å². The van der Waals surface area contributed by atoms with Gasteiger partial charge in [-0.05, 0) is 53.2 Å². The van der Waals surface area contributed by atoms with Crippen LogP contribution in [0, 0.1) is 11.8 Å². The van der Waals surface area contributed by atoms with Crippen LogP contribution in [0.25, 0.3) is 0 Å². The molecule has 3 nitrogen and oxygen atoms in total. The molecule has 1 heterocycles. The van der Waals surface area contributed by atoms with Gasteiger partial charge in [0.15, 0.2) is 0 Å². The van der Waals surface area contributed by atoms with Crippen LogP contribution in [-0.4, -0.2) is 23.7 Å². The minimum atomic E-state index is 0.134. The van der Waals surface area contributed by atoms with Gasteiger partial charge in [-0.3, -0.25) is 0 Å². The molecule has 2 rings (SSSR count). The molecule has 0 amide bonds. The maximum absolute atomic E-state index is 5.65. The van der Waals surface area contributed by atoms with Crippen molar-refractivity contribution in [3.63, 3.8) is 0 Å². The first-order chi connectivity index (χ1) is 9.70. The lowest BCUT2D eigenvalue weighted by molar-refractivity contribution is 0.132. The number of nitrogens with one attached hydrogen (secondary N) is 1. The summed E-state index contributed by atoms with van der Waals surface area (Å²) in [7, 11) is 0. The van der Waals surface area contributed by atoms with Gasteiger partial charge in [-0.2, -0.15) is 0 Å². The van der Waals surface area contributed by atoms with Crippen LogP contribution in [0.1, 0.15) is 12.5 Å². The molecule has 6 heteroatoms. The van der Waals surface area contributed by atoms with E-state index in [4.69, 9.17) is 4.52 Å². The number of benzene rings is 1. The monoisotopic (exact) mass is 464 g/mol. The van der Waals surface area contributed by atoms with Crippen molar-refractivity contribution in [1.82, 2.24) is 10.2 Å². The summed E-state index contributed by atoms with van der Waals surface area (Å²) in [6.07, 6.45) is 4.27. The zero-order valence-electron chi connectivity index (χ0n) is 10.9. The number of rotatable bonds is 4. The molecule has 3 atom stereocenters. The van der Waals surface area contributed by atoms with Crippen LogP contribution in [0.3, 0.4) is 0 Å². The predicted octanol–water partition coefficient (Wildman–Crippen LogP) is 3.85. The molecule has 1 aromatic carbocycles. The molecule has 0 saturated heterocycles. The first-order valence-electron chi connectivity index (χ1n) is 6.15. The predicted molar refractivity (Wildman–Crippen MR) is 96.7 cm³/mol. The Balaban J connectivity index is 1.93. The molecule has 0 saturated carbocycles. The van der Waals surface area contributed by atoms with Gasteiger partial charge in [-0.1, -0.05) is 27.8 Å². The topological polar surface area (TPSA) is 24.5 Å². The normalized spacial score (nSPS) is 18.9. The van der Waals surface area contributed by atoms with Crippen molar-refractivity contribution < 1.29 is 4.52 Å². The highest BCUT2D eigenvalue weighted by Gasteiger charge is 2.24. The molecular weight excluding hydrogens is 450 g/mol. The summed E-state index contributed by atoms with van der Waals surface area (Å²) >= 11 is 5.66. The quantitative estimate of drug-likeness (QED) is 0.416. The smallest absolute Gasteiger partial charge is 0.126 e. The highest BCUT2D eigenvalue weighted by Crippen LogP contribution is 2.26. The number of hydrogen-bond acceptors (Lipinski definition) is 3. The molecule has 0 aromatic heterocycles. The van der Waals surface area contributed by atoms with Crippen LogP contribution in [0.15, 0.2) is 41.1 Å². The molecule has 3 unspecified atom stereocenters. The fourth-order valence-electron chi connectivity index (χ4n) is 1.88. The third-order valence-electron chi connectivity index (χ3n) is 2.90. The Labute approximate surface area is 143 Å². The average Bonchev–Trinajstić information content (AvgIpc) is 2.90. The van der Waals surface area contributed by atoms with Gasteiger partial charge in [0.2, 0.25) is 0 Å². The van der Waals surface area contributed by atoms with E-state index in [1.807, 2.05) is 36.7 Å². The molecule has 0 aliphatic carbocycles. The summed E-state index contributed by atoms with van der Waals surface area (Å²) in [5, 5.41) is 3.29. The van der Waals surface area contributed by atoms with Gasteiger partial charge in [-0.15, -0.1) is 0 Å². The van der Waals surface area contributed by atoms with E-state index in [2.05, 4.69) is 67.0 Å². The second-order valence-corrected chi connectivity index (χ2v) is 6.94. The van der Waals surface area contributed by atoms with Crippen molar-refractivity contribution in [3.8, 4) is 11.8 Å². The van der Waals surface area contributed by atoms with Crippen molar-refractivity contribution in [3.05, 3.63) is 46.7 Å². The third-order valence-corrected chi connectivity index (χ3v) is 4.66. The van der Waals surface area contributed by atoms with E-state index >= 15 is 0 Å². The van der Waals surface area contributed by atoms with E-state index in [9.17, 15) is 0 Å². The number of nitrogens with zero attached hydrogens (tertiary/aromatic N) is 1. The van der Waals surface area contributed by atoms with Crippen molar-refractivity contribution in [1.29, 1.82) is 0 Å². The highest BCUT2D eigenvalue weighted by atomic mass is 127. The van der Waals surface area contributed by atoms with E-state index in [1.165, 1.54) is 0 Å². The lowest BCUT2D eigenvalue weighted by atomic mass is 10.2. The lowest BCUT2D eigenvalue weighted by Gasteiger charge is -2.28. The van der Waals surface area contributed by atoms with Crippen LogP contribution in [0.5, 0.6) is 0 Å². The molecule has 1 N–H and O–H groups in total. The lowest BCUT2D eigenvalue weighted by Crippen LogP contribution is -2.44. The second-order valence-electron chi connectivity index (χ2n) is 4.31. The van der Waals surface area contributed by atoms with Crippen LogP contribution < -0.4 is 5.32 Å². The maximum atomic E-state index is 5.65. The van der Waals surface area contributed by atoms with Crippen LogP contribution in [-0.2, 0) is 4.52 Å². The Morgan fingerprint density at radius 2 is 2.25 bits per heavy atom. The van der Waals surface area contributed by atoms with E-state index in [0.29, 0.717) is 13.0 Å².